The molecule has 0 radical (unpaired) electrons. The summed E-state index contributed by atoms with van der Waals surface area (Å²) in [6.07, 6.45) is 5.44. The second kappa shape index (κ2) is 9.41. The number of carbonyl (C=O) groups is 1. The number of aryl methyl sites for hydroxylation is 1. The lowest BCUT2D eigenvalue weighted by Crippen LogP contribution is -2.42. The van der Waals surface area contributed by atoms with Crippen molar-refractivity contribution in [1.82, 2.24) is 24.4 Å². The Labute approximate surface area is 206 Å². The molecule has 1 amide bonds. The van der Waals surface area contributed by atoms with E-state index in [9.17, 15) is 13.2 Å². The van der Waals surface area contributed by atoms with E-state index in [1.807, 2.05) is 52.0 Å². The molecular weight excluding hydrogens is 466 g/mol. The van der Waals surface area contributed by atoms with Gasteiger partial charge in [-0.25, -0.2) is 28.2 Å². The van der Waals surface area contributed by atoms with Crippen LogP contribution < -0.4 is 0 Å². The SMILES string of the molecule is Cc1ccc(-c2ncn(C3CCN(C(=O)OC(C)(C)C)CC3)c2-c2ccnc(S(C)(=O)=O)n2)cc1. The summed E-state index contributed by atoms with van der Waals surface area (Å²) in [5.74, 6) is 0. The minimum absolute atomic E-state index is 0.0621. The molecule has 10 heteroatoms. The molecule has 0 spiro atoms. The van der Waals surface area contributed by atoms with Crippen LogP contribution in [0.2, 0.25) is 0 Å². The molecule has 1 aromatic carbocycles. The van der Waals surface area contributed by atoms with Crippen molar-refractivity contribution in [2.24, 2.45) is 0 Å². The standard InChI is InChI=1S/C25H31N5O4S/c1-17-6-8-18(9-7-17)21-22(20-10-13-26-23(28-20)35(5,32)33)30(16-27-21)19-11-14-29(15-12-19)24(31)34-25(2,3)4/h6-10,13,16,19H,11-12,14-15H2,1-5H3. The van der Waals surface area contributed by atoms with Crippen LogP contribution in [-0.2, 0) is 14.6 Å². The van der Waals surface area contributed by atoms with Crippen molar-refractivity contribution in [3.05, 3.63) is 48.4 Å². The predicted octanol–water partition coefficient (Wildman–Crippen LogP) is 4.29. The summed E-state index contributed by atoms with van der Waals surface area (Å²) in [4.78, 5) is 27.3. The van der Waals surface area contributed by atoms with Crippen LogP contribution in [0.5, 0.6) is 0 Å². The molecule has 0 aliphatic carbocycles. The molecule has 3 heterocycles. The van der Waals surface area contributed by atoms with Crippen molar-refractivity contribution in [1.29, 1.82) is 0 Å². The summed E-state index contributed by atoms with van der Waals surface area (Å²) >= 11 is 0. The molecule has 3 aromatic rings. The third kappa shape index (κ3) is 5.70. The van der Waals surface area contributed by atoms with E-state index in [4.69, 9.17) is 9.72 Å². The second-order valence-electron chi connectivity index (χ2n) is 9.91. The first-order valence-corrected chi connectivity index (χ1v) is 13.5. The molecule has 0 N–H and O–H groups in total. The second-order valence-corrected chi connectivity index (χ2v) is 11.8. The third-order valence-corrected chi connectivity index (χ3v) is 6.70. The first-order valence-electron chi connectivity index (χ1n) is 11.6. The van der Waals surface area contributed by atoms with Gasteiger partial charge in [0.1, 0.15) is 5.60 Å². The molecule has 0 atom stereocenters. The summed E-state index contributed by atoms with van der Waals surface area (Å²) in [5, 5.41) is -0.225. The molecule has 0 bridgehead atoms. The van der Waals surface area contributed by atoms with Gasteiger partial charge in [-0.05, 0) is 46.6 Å². The summed E-state index contributed by atoms with van der Waals surface area (Å²) in [6, 6.07) is 9.78. The van der Waals surface area contributed by atoms with Gasteiger partial charge < -0.3 is 14.2 Å². The van der Waals surface area contributed by atoms with Gasteiger partial charge in [-0.15, -0.1) is 0 Å². The highest BCUT2D eigenvalue weighted by atomic mass is 32.2. The van der Waals surface area contributed by atoms with Gasteiger partial charge in [0.2, 0.25) is 15.0 Å². The highest BCUT2D eigenvalue weighted by molar-refractivity contribution is 7.90. The fourth-order valence-corrected chi connectivity index (χ4v) is 4.64. The molecule has 186 valence electrons. The van der Waals surface area contributed by atoms with Crippen LogP contribution >= 0.6 is 0 Å². The first kappa shape index (κ1) is 24.8. The number of likely N-dealkylation sites (tertiary alicyclic amines) is 1. The molecule has 9 nitrogen and oxygen atoms in total. The molecule has 1 fully saturated rings. The van der Waals surface area contributed by atoms with E-state index in [0.29, 0.717) is 31.6 Å². The van der Waals surface area contributed by atoms with Crippen molar-refractivity contribution in [3.8, 4) is 22.6 Å². The number of piperidine rings is 1. The molecule has 2 aromatic heterocycles. The lowest BCUT2D eigenvalue weighted by atomic mass is 10.0. The Morgan fingerprint density at radius 1 is 1.06 bits per heavy atom. The highest BCUT2D eigenvalue weighted by Gasteiger charge is 2.30. The van der Waals surface area contributed by atoms with E-state index in [0.717, 1.165) is 28.8 Å². The molecule has 4 rings (SSSR count). The third-order valence-electron chi connectivity index (χ3n) is 5.84. The lowest BCUT2D eigenvalue weighted by Gasteiger charge is -2.34. The maximum Gasteiger partial charge on any atom is 0.410 e. The Morgan fingerprint density at radius 2 is 1.71 bits per heavy atom. The van der Waals surface area contributed by atoms with E-state index in [1.165, 1.54) is 6.20 Å². The number of benzene rings is 1. The average Bonchev–Trinajstić information content (AvgIpc) is 3.23. The highest BCUT2D eigenvalue weighted by Crippen LogP contribution is 2.35. The van der Waals surface area contributed by atoms with Gasteiger partial charge in [0, 0.05) is 37.1 Å². The summed E-state index contributed by atoms with van der Waals surface area (Å²) < 4.78 is 31.8. The van der Waals surface area contributed by atoms with Gasteiger partial charge in [-0.2, -0.15) is 0 Å². The fourth-order valence-electron chi connectivity index (χ4n) is 4.12. The number of ether oxygens (including phenoxy) is 1. The molecule has 1 aliphatic rings. The smallest absolute Gasteiger partial charge is 0.410 e. The van der Waals surface area contributed by atoms with Crippen molar-refractivity contribution in [2.75, 3.05) is 19.3 Å². The minimum atomic E-state index is -3.58. The van der Waals surface area contributed by atoms with E-state index >= 15 is 0 Å². The maximum absolute atomic E-state index is 12.5. The lowest BCUT2D eigenvalue weighted by molar-refractivity contribution is 0.0189. The van der Waals surface area contributed by atoms with Gasteiger partial charge in [-0.1, -0.05) is 29.8 Å². The van der Waals surface area contributed by atoms with Crippen LogP contribution in [0.3, 0.4) is 0 Å². The van der Waals surface area contributed by atoms with Gasteiger partial charge in [0.25, 0.3) is 0 Å². The number of hydrogen-bond donors (Lipinski definition) is 0. The topological polar surface area (TPSA) is 107 Å². The van der Waals surface area contributed by atoms with Crippen LogP contribution in [0.4, 0.5) is 4.79 Å². The molecule has 0 saturated carbocycles. The monoisotopic (exact) mass is 497 g/mol. The molecule has 1 aliphatic heterocycles. The van der Waals surface area contributed by atoms with Crippen LogP contribution in [0.1, 0.15) is 45.2 Å². The van der Waals surface area contributed by atoms with E-state index in [-0.39, 0.29) is 17.3 Å². The molecule has 0 unspecified atom stereocenters. The average molecular weight is 498 g/mol. The van der Waals surface area contributed by atoms with Crippen molar-refractivity contribution in [2.45, 2.75) is 57.3 Å². The Kier molecular flexibility index (Phi) is 6.68. The number of rotatable bonds is 4. The van der Waals surface area contributed by atoms with Crippen molar-refractivity contribution >= 4 is 15.9 Å². The Hall–Kier alpha value is -3.27. The minimum Gasteiger partial charge on any atom is -0.444 e. The van der Waals surface area contributed by atoms with Crippen LogP contribution in [0.15, 0.2) is 48.0 Å². The summed E-state index contributed by atoms with van der Waals surface area (Å²) in [6.45, 7) is 8.69. The van der Waals surface area contributed by atoms with Crippen LogP contribution in [0, 0.1) is 6.92 Å². The van der Waals surface area contributed by atoms with E-state index < -0.39 is 15.4 Å². The first-order chi connectivity index (χ1) is 16.4. The zero-order valence-corrected chi connectivity index (χ0v) is 21.5. The number of carbonyl (C=O) groups excluding carboxylic acids is 1. The van der Waals surface area contributed by atoms with Gasteiger partial charge in [-0.3, -0.25) is 0 Å². The van der Waals surface area contributed by atoms with Crippen molar-refractivity contribution in [3.63, 3.8) is 0 Å². The zero-order valence-electron chi connectivity index (χ0n) is 20.7. The van der Waals surface area contributed by atoms with E-state index in [2.05, 4.69) is 14.5 Å². The Bertz CT molecular complexity index is 1320. The Morgan fingerprint density at radius 3 is 2.31 bits per heavy atom. The zero-order chi connectivity index (χ0) is 25.4. The van der Waals surface area contributed by atoms with Gasteiger partial charge >= 0.3 is 6.09 Å². The number of aromatic nitrogens is 4. The fraction of sp³-hybridized carbons (Fsp3) is 0.440. The van der Waals surface area contributed by atoms with Gasteiger partial charge in [0.05, 0.1) is 23.4 Å². The largest absolute Gasteiger partial charge is 0.444 e. The maximum atomic E-state index is 12.5. The number of hydrogen-bond acceptors (Lipinski definition) is 7. The number of sulfone groups is 1. The number of imidazole rings is 1. The van der Waals surface area contributed by atoms with E-state index in [1.54, 1.807) is 17.3 Å². The van der Waals surface area contributed by atoms with Crippen molar-refractivity contribution < 1.29 is 17.9 Å². The number of amides is 1. The quantitative estimate of drug-likeness (QED) is 0.495. The summed E-state index contributed by atoms with van der Waals surface area (Å²) in [5.41, 5.74) is 3.44. The van der Waals surface area contributed by atoms with Crippen LogP contribution in [0.25, 0.3) is 22.6 Å². The number of nitrogens with zero attached hydrogens (tertiary/aromatic N) is 5. The summed E-state index contributed by atoms with van der Waals surface area (Å²) in [7, 11) is -3.58. The molecule has 1 saturated heterocycles. The molecular formula is C25H31N5O4S. The Balaban J connectivity index is 1.70. The predicted molar refractivity (Wildman–Crippen MR) is 133 cm³/mol. The van der Waals surface area contributed by atoms with Gasteiger partial charge in [0.15, 0.2) is 0 Å². The molecule has 35 heavy (non-hydrogen) atoms. The normalized spacial score (nSPS) is 15.3. The van der Waals surface area contributed by atoms with Crippen LogP contribution in [-0.4, -0.2) is 63.9 Å².